The Kier molecular flexibility index (Phi) is 3.21. The molecule has 1 nitrogen and oxygen atoms in total. The lowest BCUT2D eigenvalue weighted by atomic mass is 9.47. The van der Waals surface area contributed by atoms with Crippen LogP contribution in [0.1, 0.15) is 65.7 Å². The Labute approximate surface area is 124 Å². The van der Waals surface area contributed by atoms with E-state index in [0.29, 0.717) is 16.7 Å². The summed E-state index contributed by atoms with van der Waals surface area (Å²) in [7, 11) is 0. The van der Waals surface area contributed by atoms with Crippen molar-refractivity contribution >= 4 is 0 Å². The Hall–Kier alpha value is -0.560. The van der Waals surface area contributed by atoms with Crippen molar-refractivity contribution < 1.29 is 0 Å². The van der Waals surface area contributed by atoms with Crippen molar-refractivity contribution in [1.29, 1.82) is 0 Å². The van der Waals surface area contributed by atoms with Crippen LogP contribution >= 0.6 is 0 Å². The molecule has 2 saturated carbocycles. The van der Waals surface area contributed by atoms with Gasteiger partial charge in [-0.05, 0) is 68.1 Å². The van der Waals surface area contributed by atoms with E-state index < -0.39 is 0 Å². The molecule has 0 saturated heterocycles. The van der Waals surface area contributed by atoms with Gasteiger partial charge in [0.1, 0.15) is 0 Å². The van der Waals surface area contributed by atoms with Gasteiger partial charge in [0.15, 0.2) is 0 Å². The van der Waals surface area contributed by atoms with Crippen molar-refractivity contribution in [3.8, 4) is 0 Å². The first-order valence-electron chi connectivity index (χ1n) is 8.42. The van der Waals surface area contributed by atoms with Gasteiger partial charge in [-0.15, -0.1) is 6.58 Å². The van der Waals surface area contributed by atoms with Gasteiger partial charge in [-0.3, -0.25) is 0 Å². The van der Waals surface area contributed by atoms with Crippen LogP contribution < -0.4 is 5.73 Å². The van der Waals surface area contributed by atoms with E-state index in [2.05, 4.69) is 39.5 Å². The molecular formula is C19H31N. The van der Waals surface area contributed by atoms with Gasteiger partial charge in [0.05, 0.1) is 0 Å². The Bertz CT molecular complexity index is 447. The first kappa shape index (κ1) is 14.4. The minimum atomic E-state index is 0.0359. The summed E-state index contributed by atoms with van der Waals surface area (Å²) in [5.41, 5.74) is 9.19. The quantitative estimate of drug-likeness (QED) is 0.680. The van der Waals surface area contributed by atoms with Crippen molar-refractivity contribution in [3.05, 3.63) is 24.3 Å². The normalized spacial score (nSPS) is 51.7. The lowest BCUT2D eigenvalue weighted by Crippen LogP contribution is -2.58. The summed E-state index contributed by atoms with van der Waals surface area (Å²) in [6, 6.07) is 0. The minimum absolute atomic E-state index is 0.0359. The smallest absolute Gasteiger partial charge is 0.0162 e. The molecule has 0 spiro atoms. The van der Waals surface area contributed by atoms with E-state index in [4.69, 9.17) is 5.73 Å². The molecule has 0 aromatic heterocycles. The Morgan fingerprint density at radius 1 is 1.25 bits per heavy atom. The second-order valence-corrected chi connectivity index (χ2v) is 8.56. The molecule has 0 radical (unpaired) electrons. The SMILES string of the molecule is C=C[C@@]1(C)CC[C@H]2C(=CC[C@@H]3[C@]2(C)CCC[C@@]3(C)N)C1. The van der Waals surface area contributed by atoms with E-state index >= 15 is 0 Å². The summed E-state index contributed by atoms with van der Waals surface area (Å²) >= 11 is 0. The molecule has 3 rings (SSSR count). The maximum atomic E-state index is 6.67. The zero-order valence-corrected chi connectivity index (χ0v) is 13.5. The summed E-state index contributed by atoms with van der Waals surface area (Å²) in [4.78, 5) is 0. The van der Waals surface area contributed by atoms with Crippen LogP contribution in [-0.2, 0) is 0 Å². The molecule has 5 atom stereocenters. The molecule has 3 aliphatic carbocycles. The zero-order valence-electron chi connectivity index (χ0n) is 13.5. The second kappa shape index (κ2) is 4.47. The van der Waals surface area contributed by atoms with E-state index in [1.807, 2.05) is 0 Å². The molecule has 0 aromatic rings. The molecule has 0 unspecified atom stereocenters. The topological polar surface area (TPSA) is 26.0 Å². The summed E-state index contributed by atoms with van der Waals surface area (Å²) < 4.78 is 0. The van der Waals surface area contributed by atoms with Gasteiger partial charge in [-0.25, -0.2) is 0 Å². The highest BCUT2D eigenvalue weighted by Gasteiger charge is 2.54. The van der Waals surface area contributed by atoms with Crippen molar-refractivity contribution in [2.24, 2.45) is 28.4 Å². The van der Waals surface area contributed by atoms with E-state index in [0.717, 1.165) is 5.92 Å². The highest BCUT2D eigenvalue weighted by molar-refractivity contribution is 5.25. The van der Waals surface area contributed by atoms with Gasteiger partial charge in [-0.1, -0.05) is 38.0 Å². The van der Waals surface area contributed by atoms with Gasteiger partial charge in [0, 0.05) is 5.54 Å². The van der Waals surface area contributed by atoms with Crippen LogP contribution in [0.15, 0.2) is 24.3 Å². The average molecular weight is 273 g/mol. The summed E-state index contributed by atoms with van der Waals surface area (Å²) in [6.07, 6.45) is 13.7. The molecule has 2 fully saturated rings. The number of fused-ring (bicyclic) bond motifs is 3. The van der Waals surface area contributed by atoms with Crippen LogP contribution in [-0.4, -0.2) is 5.54 Å². The number of nitrogens with two attached hydrogens (primary N) is 1. The summed E-state index contributed by atoms with van der Waals surface area (Å²) in [6.45, 7) is 11.3. The predicted octanol–water partition coefficient (Wildman–Crippen LogP) is 4.83. The molecule has 112 valence electrons. The summed E-state index contributed by atoms with van der Waals surface area (Å²) in [5, 5.41) is 0. The molecule has 0 heterocycles. The fourth-order valence-corrected chi connectivity index (χ4v) is 5.66. The van der Waals surface area contributed by atoms with Gasteiger partial charge >= 0.3 is 0 Å². The van der Waals surface area contributed by atoms with Gasteiger partial charge in [0.25, 0.3) is 0 Å². The minimum Gasteiger partial charge on any atom is -0.325 e. The van der Waals surface area contributed by atoms with Gasteiger partial charge in [-0.2, -0.15) is 0 Å². The molecule has 3 aliphatic rings. The third kappa shape index (κ3) is 2.01. The van der Waals surface area contributed by atoms with Gasteiger partial charge in [0.2, 0.25) is 0 Å². The van der Waals surface area contributed by atoms with Crippen LogP contribution in [0.4, 0.5) is 0 Å². The lowest BCUT2D eigenvalue weighted by Gasteiger charge is -2.59. The third-order valence-corrected chi connectivity index (χ3v) is 6.99. The zero-order chi connectivity index (χ0) is 14.6. The Balaban J connectivity index is 1.94. The van der Waals surface area contributed by atoms with Crippen molar-refractivity contribution in [3.63, 3.8) is 0 Å². The van der Waals surface area contributed by atoms with Crippen LogP contribution in [0.2, 0.25) is 0 Å². The molecule has 0 aliphatic heterocycles. The number of rotatable bonds is 1. The largest absolute Gasteiger partial charge is 0.325 e. The first-order valence-corrected chi connectivity index (χ1v) is 8.42. The Morgan fingerprint density at radius 2 is 2.00 bits per heavy atom. The highest BCUT2D eigenvalue weighted by atomic mass is 14.8. The summed E-state index contributed by atoms with van der Waals surface area (Å²) in [5.74, 6) is 1.45. The molecule has 20 heavy (non-hydrogen) atoms. The third-order valence-electron chi connectivity index (χ3n) is 6.99. The molecule has 2 N–H and O–H groups in total. The van der Waals surface area contributed by atoms with Crippen molar-refractivity contribution in [2.45, 2.75) is 71.3 Å². The van der Waals surface area contributed by atoms with E-state index in [1.54, 1.807) is 5.57 Å². The van der Waals surface area contributed by atoms with E-state index in [9.17, 15) is 0 Å². The van der Waals surface area contributed by atoms with Crippen molar-refractivity contribution in [1.82, 2.24) is 0 Å². The number of hydrogen-bond acceptors (Lipinski definition) is 1. The van der Waals surface area contributed by atoms with Crippen LogP contribution in [0, 0.1) is 22.7 Å². The Morgan fingerprint density at radius 3 is 2.70 bits per heavy atom. The van der Waals surface area contributed by atoms with Crippen LogP contribution in [0.3, 0.4) is 0 Å². The standard InChI is InChI=1S/C19H31N/c1-5-17(2)12-9-15-14(13-17)7-8-16-18(15,3)10-6-11-19(16,4)20/h5,7,15-16H,1,6,8-13,20H2,2-4H3/t15-,16+,17-,18+,19+/m0/s1. The lowest BCUT2D eigenvalue weighted by molar-refractivity contribution is -0.0175. The maximum absolute atomic E-state index is 6.67. The molecule has 0 aromatic carbocycles. The molecule has 0 bridgehead atoms. The second-order valence-electron chi connectivity index (χ2n) is 8.56. The van der Waals surface area contributed by atoms with Crippen LogP contribution in [0.5, 0.6) is 0 Å². The van der Waals surface area contributed by atoms with E-state index in [1.165, 1.54) is 44.9 Å². The fraction of sp³-hybridized carbons (Fsp3) is 0.789. The molecular weight excluding hydrogens is 242 g/mol. The molecule has 0 amide bonds. The monoisotopic (exact) mass is 273 g/mol. The average Bonchev–Trinajstić information content (AvgIpc) is 2.37. The fourth-order valence-electron chi connectivity index (χ4n) is 5.66. The maximum Gasteiger partial charge on any atom is 0.0162 e. The highest BCUT2D eigenvalue weighted by Crippen LogP contribution is 2.60. The van der Waals surface area contributed by atoms with Crippen molar-refractivity contribution in [2.75, 3.05) is 0 Å². The van der Waals surface area contributed by atoms with Gasteiger partial charge < -0.3 is 5.73 Å². The first-order chi connectivity index (χ1) is 9.31. The van der Waals surface area contributed by atoms with Crippen LogP contribution in [0.25, 0.3) is 0 Å². The van der Waals surface area contributed by atoms with E-state index in [-0.39, 0.29) is 5.54 Å². The number of allylic oxidation sites excluding steroid dienone is 3. The number of hydrogen-bond donors (Lipinski definition) is 1. The predicted molar refractivity (Wildman–Crippen MR) is 86.4 cm³/mol. The molecule has 1 heteroatoms.